The Balaban J connectivity index is 1.84. The first-order valence-corrected chi connectivity index (χ1v) is 11.5. The Labute approximate surface area is 178 Å². The molecule has 0 saturated carbocycles. The fourth-order valence-electron chi connectivity index (χ4n) is 3.31. The van der Waals surface area contributed by atoms with Crippen LogP contribution in [0.15, 0.2) is 42.5 Å². The van der Waals surface area contributed by atoms with Gasteiger partial charge in [-0.1, -0.05) is 45.0 Å². The molecule has 1 atom stereocenters. The van der Waals surface area contributed by atoms with E-state index in [-0.39, 0.29) is 24.4 Å². The zero-order valence-corrected chi connectivity index (χ0v) is 18.7. The Hall–Kier alpha value is -2.74. The Bertz CT molecular complexity index is 1040. The van der Waals surface area contributed by atoms with Gasteiger partial charge in [-0.25, -0.2) is 8.42 Å². The van der Waals surface area contributed by atoms with Crippen molar-refractivity contribution < 1.29 is 22.7 Å². The van der Waals surface area contributed by atoms with Gasteiger partial charge in [-0.15, -0.1) is 0 Å². The first-order valence-electron chi connectivity index (χ1n) is 9.69. The third kappa shape index (κ3) is 4.70. The van der Waals surface area contributed by atoms with Gasteiger partial charge in [0.05, 0.1) is 25.6 Å². The Morgan fingerprint density at radius 1 is 1.23 bits per heavy atom. The second-order valence-electron chi connectivity index (χ2n) is 8.36. The van der Waals surface area contributed by atoms with Crippen molar-refractivity contribution >= 4 is 21.6 Å². The number of para-hydroxylation sites is 1. The Morgan fingerprint density at radius 3 is 2.57 bits per heavy atom. The van der Waals surface area contributed by atoms with Gasteiger partial charge in [-0.05, 0) is 29.2 Å². The minimum atomic E-state index is -3.59. The van der Waals surface area contributed by atoms with Gasteiger partial charge in [0.2, 0.25) is 10.0 Å². The number of rotatable bonds is 5. The molecule has 2 aromatic rings. The van der Waals surface area contributed by atoms with Crippen LogP contribution in [0.4, 0.5) is 5.69 Å². The molecule has 2 aromatic carbocycles. The van der Waals surface area contributed by atoms with Crippen LogP contribution in [0, 0.1) is 0 Å². The van der Waals surface area contributed by atoms with Gasteiger partial charge in [0, 0.05) is 12.1 Å². The number of carbonyl (C=O) groups is 1. The molecular formula is C22H28N2O5S. The molecule has 1 N–H and O–H groups in total. The van der Waals surface area contributed by atoms with Gasteiger partial charge >= 0.3 is 0 Å². The summed E-state index contributed by atoms with van der Waals surface area (Å²) in [4.78, 5) is 12.8. The van der Waals surface area contributed by atoms with Gasteiger partial charge in [0.25, 0.3) is 5.91 Å². The highest BCUT2D eigenvalue weighted by molar-refractivity contribution is 7.92. The molecule has 30 heavy (non-hydrogen) atoms. The average Bonchev–Trinajstić information content (AvgIpc) is 2.69. The molecular weight excluding hydrogens is 404 g/mol. The first-order chi connectivity index (χ1) is 14.0. The number of hydrogen-bond donors (Lipinski definition) is 1. The van der Waals surface area contributed by atoms with Crippen molar-refractivity contribution in [3.05, 3.63) is 53.6 Å². The first kappa shape index (κ1) is 22.0. The lowest BCUT2D eigenvalue weighted by Gasteiger charge is -2.35. The zero-order valence-electron chi connectivity index (χ0n) is 17.9. The fraction of sp³-hybridized carbons (Fsp3) is 0.409. The molecule has 0 unspecified atom stereocenters. The maximum Gasteiger partial charge on any atom is 0.263 e. The minimum absolute atomic E-state index is 0.0861. The summed E-state index contributed by atoms with van der Waals surface area (Å²) in [5.41, 5.74) is 2.11. The highest BCUT2D eigenvalue weighted by atomic mass is 32.2. The summed E-state index contributed by atoms with van der Waals surface area (Å²) in [5, 5.41) is 2.82. The summed E-state index contributed by atoms with van der Waals surface area (Å²) >= 11 is 0. The predicted molar refractivity (Wildman–Crippen MR) is 117 cm³/mol. The van der Waals surface area contributed by atoms with E-state index in [1.54, 1.807) is 13.2 Å². The fourth-order valence-corrected chi connectivity index (χ4v) is 4.22. The second kappa shape index (κ2) is 8.18. The molecule has 0 aliphatic carbocycles. The Kier molecular flexibility index (Phi) is 5.99. The van der Waals surface area contributed by atoms with Crippen LogP contribution in [0.5, 0.6) is 11.5 Å². The maximum absolute atomic E-state index is 12.8. The normalized spacial score (nSPS) is 16.4. The van der Waals surface area contributed by atoms with Crippen LogP contribution >= 0.6 is 0 Å². The number of benzene rings is 2. The van der Waals surface area contributed by atoms with Gasteiger partial charge in [0.15, 0.2) is 6.10 Å². The molecule has 0 fully saturated rings. The topological polar surface area (TPSA) is 84.9 Å². The number of nitrogens with one attached hydrogen (secondary N) is 1. The highest BCUT2D eigenvalue weighted by Crippen LogP contribution is 2.38. The van der Waals surface area contributed by atoms with Crippen molar-refractivity contribution in [2.75, 3.05) is 24.2 Å². The molecule has 1 aliphatic rings. The van der Waals surface area contributed by atoms with Crippen molar-refractivity contribution in [1.82, 2.24) is 5.32 Å². The molecule has 1 amide bonds. The van der Waals surface area contributed by atoms with Crippen LogP contribution in [-0.2, 0) is 26.8 Å². The molecule has 3 rings (SSSR count). The summed E-state index contributed by atoms with van der Waals surface area (Å²) in [6, 6.07) is 12.8. The van der Waals surface area contributed by atoms with Crippen LogP contribution < -0.4 is 19.1 Å². The number of nitrogens with zero attached hydrogens (tertiary/aromatic N) is 1. The van der Waals surface area contributed by atoms with Gasteiger partial charge < -0.3 is 14.8 Å². The molecule has 0 aromatic heterocycles. The molecule has 0 bridgehead atoms. The number of carbonyl (C=O) groups excluding carboxylic acids is 1. The molecule has 1 aliphatic heterocycles. The van der Waals surface area contributed by atoms with Crippen LogP contribution in [-0.4, -0.2) is 40.3 Å². The monoisotopic (exact) mass is 432 g/mol. The maximum atomic E-state index is 12.8. The number of sulfonamides is 1. The van der Waals surface area contributed by atoms with Crippen LogP contribution in [0.3, 0.4) is 0 Å². The molecule has 162 valence electrons. The van der Waals surface area contributed by atoms with E-state index in [1.165, 1.54) is 4.31 Å². The summed E-state index contributed by atoms with van der Waals surface area (Å²) in [6.45, 7) is 6.32. The van der Waals surface area contributed by atoms with Crippen LogP contribution in [0.1, 0.15) is 31.9 Å². The molecule has 0 saturated heterocycles. The average molecular weight is 433 g/mol. The summed E-state index contributed by atoms with van der Waals surface area (Å²) in [6.07, 6.45) is 0.178. The van der Waals surface area contributed by atoms with E-state index in [4.69, 9.17) is 9.47 Å². The van der Waals surface area contributed by atoms with Gasteiger partial charge in [0.1, 0.15) is 11.5 Å². The number of methoxy groups -OCH3 is 1. The van der Waals surface area contributed by atoms with Crippen molar-refractivity contribution in [3.8, 4) is 11.5 Å². The quantitative estimate of drug-likeness (QED) is 0.785. The number of ether oxygens (including phenoxy) is 2. The number of anilines is 1. The third-order valence-electron chi connectivity index (χ3n) is 5.03. The molecule has 7 nitrogen and oxygen atoms in total. The predicted octanol–water partition coefficient (Wildman–Crippen LogP) is 2.84. The Morgan fingerprint density at radius 2 is 1.93 bits per heavy atom. The SMILES string of the molecule is COc1ccccc1CNC(=O)[C@H]1CN(S(C)(=O)=O)c2cc(C(C)(C)C)ccc2O1. The van der Waals surface area contributed by atoms with Gasteiger partial charge in [-0.2, -0.15) is 0 Å². The summed E-state index contributed by atoms with van der Waals surface area (Å²) in [7, 11) is -2.03. The largest absolute Gasteiger partial charge is 0.496 e. The summed E-state index contributed by atoms with van der Waals surface area (Å²) in [5.74, 6) is 0.650. The van der Waals surface area contributed by atoms with E-state index in [9.17, 15) is 13.2 Å². The lowest BCUT2D eigenvalue weighted by molar-refractivity contribution is -0.127. The van der Waals surface area contributed by atoms with E-state index < -0.39 is 16.1 Å². The molecule has 8 heteroatoms. The van der Waals surface area contributed by atoms with Gasteiger partial charge in [-0.3, -0.25) is 9.10 Å². The molecule has 1 heterocycles. The number of fused-ring (bicyclic) bond motifs is 1. The van der Waals surface area contributed by atoms with E-state index in [2.05, 4.69) is 26.1 Å². The van der Waals surface area contributed by atoms with Crippen molar-refractivity contribution in [3.63, 3.8) is 0 Å². The third-order valence-corrected chi connectivity index (χ3v) is 6.18. The molecule has 0 spiro atoms. The number of hydrogen-bond acceptors (Lipinski definition) is 5. The van der Waals surface area contributed by atoms with E-state index in [0.29, 0.717) is 17.2 Å². The van der Waals surface area contributed by atoms with E-state index in [0.717, 1.165) is 17.4 Å². The van der Waals surface area contributed by atoms with Crippen LogP contribution in [0.25, 0.3) is 0 Å². The summed E-state index contributed by atoms with van der Waals surface area (Å²) < 4.78 is 37.4. The van der Waals surface area contributed by atoms with E-state index in [1.807, 2.05) is 36.4 Å². The smallest absolute Gasteiger partial charge is 0.263 e. The van der Waals surface area contributed by atoms with Crippen molar-refractivity contribution in [2.24, 2.45) is 0 Å². The zero-order chi connectivity index (χ0) is 22.1. The van der Waals surface area contributed by atoms with Crippen molar-refractivity contribution in [2.45, 2.75) is 38.8 Å². The highest BCUT2D eigenvalue weighted by Gasteiger charge is 2.35. The number of amides is 1. The lowest BCUT2D eigenvalue weighted by atomic mass is 9.86. The van der Waals surface area contributed by atoms with Crippen molar-refractivity contribution in [1.29, 1.82) is 0 Å². The standard InChI is InChI=1S/C22H28N2O5S/c1-22(2,3)16-10-11-19-17(12-16)24(30(5,26)27)14-20(29-19)21(25)23-13-15-8-6-7-9-18(15)28-4/h6-12,20H,13-14H2,1-5H3,(H,23,25)/t20-/m1/s1. The van der Waals surface area contributed by atoms with Crippen LogP contribution in [0.2, 0.25) is 0 Å². The van der Waals surface area contributed by atoms with E-state index >= 15 is 0 Å². The second-order valence-corrected chi connectivity index (χ2v) is 10.3. The molecule has 0 radical (unpaired) electrons. The lowest BCUT2D eigenvalue weighted by Crippen LogP contribution is -2.50. The minimum Gasteiger partial charge on any atom is -0.496 e.